The first-order valence-electron chi connectivity index (χ1n) is 7.80. The third-order valence-electron chi connectivity index (χ3n) is 3.69. The van der Waals surface area contributed by atoms with Gasteiger partial charge in [0.15, 0.2) is 5.82 Å². The molecular formula is C17H17F3N6. The van der Waals surface area contributed by atoms with Crippen LogP contribution in [0.4, 0.5) is 36.4 Å². The Labute approximate surface area is 147 Å². The van der Waals surface area contributed by atoms with E-state index in [0.29, 0.717) is 5.69 Å². The van der Waals surface area contributed by atoms with Crippen molar-refractivity contribution in [2.45, 2.75) is 26.9 Å². The van der Waals surface area contributed by atoms with E-state index in [-0.39, 0.29) is 17.6 Å². The molecule has 136 valence electrons. The highest BCUT2D eigenvalue weighted by Gasteiger charge is 2.35. The second kappa shape index (κ2) is 6.66. The highest BCUT2D eigenvalue weighted by molar-refractivity contribution is 5.63. The van der Waals surface area contributed by atoms with Gasteiger partial charge in [-0.25, -0.2) is 4.98 Å². The van der Waals surface area contributed by atoms with E-state index in [9.17, 15) is 13.2 Å². The number of aromatic amines is 1. The minimum atomic E-state index is -4.59. The molecule has 6 nitrogen and oxygen atoms in total. The summed E-state index contributed by atoms with van der Waals surface area (Å²) in [4.78, 5) is 7.81. The summed E-state index contributed by atoms with van der Waals surface area (Å²) in [7, 11) is 0. The Morgan fingerprint density at radius 1 is 1.04 bits per heavy atom. The molecule has 3 N–H and O–H groups in total. The summed E-state index contributed by atoms with van der Waals surface area (Å²) in [5, 5.41) is 12.1. The number of benzene rings is 1. The first-order chi connectivity index (χ1) is 12.2. The second-order valence-corrected chi connectivity index (χ2v) is 5.96. The summed E-state index contributed by atoms with van der Waals surface area (Å²) >= 11 is 0. The molecule has 1 aromatic carbocycles. The molecule has 2 heterocycles. The number of rotatable bonds is 4. The van der Waals surface area contributed by atoms with Gasteiger partial charge >= 0.3 is 6.18 Å². The van der Waals surface area contributed by atoms with E-state index in [1.165, 1.54) is 0 Å². The molecule has 0 aliphatic heterocycles. The molecule has 0 saturated heterocycles. The number of hydrogen-bond acceptors (Lipinski definition) is 5. The monoisotopic (exact) mass is 362 g/mol. The van der Waals surface area contributed by atoms with Crippen LogP contribution in [0.5, 0.6) is 0 Å². The summed E-state index contributed by atoms with van der Waals surface area (Å²) in [6.07, 6.45) is -3.84. The number of aryl methyl sites for hydroxylation is 3. The number of H-pyrrole nitrogens is 1. The van der Waals surface area contributed by atoms with Gasteiger partial charge in [-0.05, 0) is 38.0 Å². The van der Waals surface area contributed by atoms with Gasteiger partial charge in [0.05, 0.1) is 0 Å². The van der Waals surface area contributed by atoms with Crippen LogP contribution < -0.4 is 10.6 Å². The average molecular weight is 362 g/mol. The van der Waals surface area contributed by atoms with Crippen LogP contribution in [0, 0.1) is 20.8 Å². The Balaban J connectivity index is 1.97. The predicted molar refractivity (Wildman–Crippen MR) is 92.8 cm³/mol. The number of hydrogen-bond donors (Lipinski definition) is 3. The molecular weight excluding hydrogens is 345 g/mol. The molecule has 0 spiro atoms. The van der Waals surface area contributed by atoms with Crippen molar-refractivity contribution in [3.05, 3.63) is 52.8 Å². The average Bonchev–Trinajstić information content (AvgIpc) is 2.95. The highest BCUT2D eigenvalue weighted by Crippen LogP contribution is 2.35. The number of nitrogens with zero attached hydrogens (tertiary/aromatic N) is 3. The van der Waals surface area contributed by atoms with Crippen LogP contribution in [0.2, 0.25) is 0 Å². The Morgan fingerprint density at radius 3 is 2.46 bits per heavy atom. The van der Waals surface area contributed by atoms with E-state index < -0.39 is 11.7 Å². The summed E-state index contributed by atoms with van der Waals surface area (Å²) in [5.41, 5.74) is 2.41. The normalized spacial score (nSPS) is 11.5. The van der Waals surface area contributed by atoms with Crippen LogP contribution in [0.1, 0.15) is 22.4 Å². The molecule has 0 aliphatic rings. The van der Waals surface area contributed by atoms with Crippen LogP contribution in [-0.2, 0) is 6.18 Å². The molecule has 2 aromatic heterocycles. The Morgan fingerprint density at radius 2 is 1.81 bits per heavy atom. The standard InChI is InChI=1S/C17H17F3N6/c1-9-4-5-10(2)13(6-9)22-16-21-8-12(17(18,19)20)15(24-16)23-14-7-11(3)25-26-14/h4-8H,1-3H3,(H3,21,22,23,24,25,26). The topological polar surface area (TPSA) is 78.5 Å². The van der Waals surface area contributed by atoms with Crippen molar-refractivity contribution in [1.29, 1.82) is 0 Å². The Hall–Kier alpha value is -3.10. The summed E-state index contributed by atoms with van der Waals surface area (Å²) in [6, 6.07) is 7.31. The van der Waals surface area contributed by atoms with Crippen LogP contribution in [-0.4, -0.2) is 20.2 Å². The van der Waals surface area contributed by atoms with Crippen LogP contribution in [0.3, 0.4) is 0 Å². The zero-order chi connectivity index (χ0) is 18.9. The summed E-state index contributed by atoms with van der Waals surface area (Å²) in [5.74, 6) is -0.0716. The molecule has 3 aromatic rings. The van der Waals surface area contributed by atoms with Crippen molar-refractivity contribution in [1.82, 2.24) is 20.2 Å². The van der Waals surface area contributed by atoms with Gasteiger partial charge in [0.1, 0.15) is 11.4 Å². The minimum Gasteiger partial charge on any atom is -0.324 e. The van der Waals surface area contributed by atoms with Crippen molar-refractivity contribution in [2.75, 3.05) is 10.6 Å². The lowest BCUT2D eigenvalue weighted by atomic mass is 10.1. The van der Waals surface area contributed by atoms with Crippen LogP contribution in [0.15, 0.2) is 30.5 Å². The molecule has 0 fully saturated rings. The lowest BCUT2D eigenvalue weighted by molar-refractivity contribution is -0.137. The fraction of sp³-hybridized carbons (Fsp3) is 0.235. The van der Waals surface area contributed by atoms with Gasteiger partial charge in [0.25, 0.3) is 0 Å². The van der Waals surface area contributed by atoms with E-state index in [1.54, 1.807) is 13.0 Å². The first-order valence-corrected chi connectivity index (χ1v) is 7.80. The molecule has 0 saturated carbocycles. The third kappa shape index (κ3) is 3.93. The van der Waals surface area contributed by atoms with E-state index >= 15 is 0 Å². The van der Waals surface area contributed by atoms with Crippen molar-refractivity contribution < 1.29 is 13.2 Å². The highest BCUT2D eigenvalue weighted by atomic mass is 19.4. The van der Waals surface area contributed by atoms with Crippen LogP contribution >= 0.6 is 0 Å². The number of nitrogens with one attached hydrogen (secondary N) is 3. The third-order valence-corrected chi connectivity index (χ3v) is 3.69. The van der Waals surface area contributed by atoms with Gasteiger partial charge < -0.3 is 10.6 Å². The van der Waals surface area contributed by atoms with Gasteiger partial charge in [0, 0.05) is 23.6 Å². The van der Waals surface area contributed by atoms with E-state index in [4.69, 9.17) is 0 Å². The molecule has 26 heavy (non-hydrogen) atoms. The quantitative estimate of drug-likeness (QED) is 0.631. The van der Waals surface area contributed by atoms with Gasteiger partial charge in [-0.2, -0.15) is 23.3 Å². The molecule has 0 unspecified atom stereocenters. The summed E-state index contributed by atoms with van der Waals surface area (Å²) < 4.78 is 39.8. The zero-order valence-corrected chi connectivity index (χ0v) is 14.4. The summed E-state index contributed by atoms with van der Waals surface area (Å²) in [6.45, 7) is 5.55. The van der Waals surface area contributed by atoms with E-state index in [2.05, 4.69) is 30.8 Å². The number of alkyl halides is 3. The SMILES string of the molecule is Cc1ccc(C)c(Nc2ncc(C(F)(F)F)c(Nc3cc(C)[nH]n3)n2)c1. The molecule has 0 radical (unpaired) electrons. The van der Waals surface area contributed by atoms with E-state index in [1.807, 2.05) is 32.0 Å². The molecule has 0 amide bonds. The Bertz CT molecular complexity index is 932. The smallest absolute Gasteiger partial charge is 0.324 e. The maximum absolute atomic E-state index is 13.3. The number of halogens is 3. The van der Waals surface area contributed by atoms with Gasteiger partial charge in [-0.15, -0.1) is 0 Å². The maximum Gasteiger partial charge on any atom is 0.421 e. The fourth-order valence-corrected chi connectivity index (χ4v) is 2.34. The molecule has 0 bridgehead atoms. The number of aromatic nitrogens is 4. The zero-order valence-electron chi connectivity index (χ0n) is 14.4. The fourth-order valence-electron chi connectivity index (χ4n) is 2.34. The van der Waals surface area contributed by atoms with Crippen molar-refractivity contribution in [2.24, 2.45) is 0 Å². The van der Waals surface area contributed by atoms with Crippen molar-refractivity contribution >= 4 is 23.3 Å². The van der Waals surface area contributed by atoms with Crippen molar-refractivity contribution in [3.63, 3.8) is 0 Å². The molecule has 0 atom stereocenters. The second-order valence-electron chi connectivity index (χ2n) is 5.96. The predicted octanol–water partition coefficient (Wildman–Crippen LogP) is 4.63. The lowest BCUT2D eigenvalue weighted by Gasteiger charge is -2.14. The van der Waals surface area contributed by atoms with Gasteiger partial charge in [-0.3, -0.25) is 5.10 Å². The first kappa shape index (κ1) is 17.7. The molecule has 9 heteroatoms. The van der Waals surface area contributed by atoms with Gasteiger partial charge in [0.2, 0.25) is 5.95 Å². The van der Waals surface area contributed by atoms with E-state index in [0.717, 1.165) is 23.0 Å². The molecule has 3 rings (SSSR count). The Kier molecular flexibility index (Phi) is 4.54. The molecule has 0 aliphatic carbocycles. The van der Waals surface area contributed by atoms with Gasteiger partial charge in [-0.1, -0.05) is 12.1 Å². The lowest BCUT2D eigenvalue weighted by Crippen LogP contribution is -2.13. The number of anilines is 4. The minimum absolute atomic E-state index is 0.0569. The largest absolute Gasteiger partial charge is 0.421 e. The maximum atomic E-state index is 13.3. The van der Waals surface area contributed by atoms with Crippen molar-refractivity contribution in [3.8, 4) is 0 Å². The van der Waals surface area contributed by atoms with Crippen LogP contribution in [0.25, 0.3) is 0 Å².